The number of carbonyl (C=O) groups excluding carboxylic acids is 2. The first-order valence-electron chi connectivity index (χ1n) is 10.7. The third kappa shape index (κ3) is 4.36. The topological polar surface area (TPSA) is 99.2 Å². The summed E-state index contributed by atoms with van der Waals surface area (Å²) in [6.45, 7) is 4.48. The van der Waals surface area contributed by atoms with Gasteiger partial charge < -0.3 is 15.8 Å². The molecule has 0 unspecified atom stereocenters. The quantitative estimate of drug-likeness (QED) is 0.419. The second kappa shape index (κ2) is 9.26. The van der Waals surface area contributed by atoms with E-state index in [9.17, 15) is 9.59 Å². The van der Waals surface area contributed by atoms with Crippen LogP contribution in [0.5, 0.6) is 0 Å². The fraction of sp³-hybridized carbons (Fsp3) is 0.192. The summed E-state index contributed by atoms with van der Waals surface area (Å²) in [5, 5.41) is 8.18. The molecule has 0 saturated carbocycles. The van der Waals surface area contributed by atoms with Crippen molar-refractivity contribution in [1.82, 2.24) is 9.78 Å². The summed E-state index contributed by atoms with van der Waals surface area (Å²) in [7, 11) is 1.31. The van der Waals surface area contributed by atoms with E-state index in [1.807, 2.05) is 61.0 Å². The van der Waals surface area contributed by atoms with Crippen LogP contribution >= 0.6 is 0 Å². The number of hydrogen-bond acceptors (Lipinski definition) is 5. The van der Waals surface area contributed by atoms with E-state index in [0.29, 0.717) is 12.2 Å². The predicted octanol–water partition coefficient (Wildman–Crippen LogP) is 4.78. The number of hydrogen-bond donors (Lipinski definition) is 2. The van der Waals surface area contributed by atoms with E-state index in [1.165, 1.54) is 7.11 Å². The standard InChI is InChI=1S/C26H26N4O3/c1-16(2)30-23-12-11-19(18-8-6-7-17(13-18)15-27)14-21(23)24(29-30)25(31)28-22-10-5-4-9-20(22)26(32)33-3/h4-14,16H,15,27H2,1-3H3,(H,28,31). The van der Waals surface area contributed by atoms with Gasteiger partial charge in [0, 0.05) is 18.0 Å². The van der Waals surface area contributed by atoms with Gasteiger partial charge in [0.1, 0.15) is 0 Å². The number of nitrogens with zero attached hydrogens (tertiary/aromatic N) is 2. The molecule has 0 atom stereocenters. The number of anilines is 1. The van der Waals surface area contributed by atoms with E-state index >= 15 is 0 Å². The molecular formula is C26H26N4O3. The van der Waals surface area contributed by atoms with Gasteiger partial charge in [-0.05, 0) is 60.9 Å². The van der Waals surface area contributed by atoms with E-state index in [1.54, 1.807) is 24.3 Å². The zero-order valence-electron chi connectivity index (χ0n) is 18.8. The number of fused-ring (bicyclic) bond motifs is 1. The summed E-state index contributed by atoms with van der Waals surface area (Å²) in [5.74, 6) is -0.922. The Morgan fingerprint density at radius 1 is 1.03 bits per heavy atom. The molecule has 0 bridgehead atoms. The number of para-hydroxylation sites is 1. The highest BCUT2D eigenvalue weighted by Gasteiger charge is 2.21. The number of aromatic nitrogens is 2. The van der Waals surface area contributed by atoms with Crippen LogP contribution in [0, 0.1) is 0 Å². The summed E-state index contributed by atoms with van der Waals surface area (Å²) in [6, 6.07) is 20.8. The molecule has 0 fully saturated rings. The molecule has 0 aliphatic rings. The van der Waals surface area contributed by atoms with E-state index < -0.39 is 11.9 Å². The second-order valence-corrected chi connectivity index (χ2v) is 8.01. The molecule has 1 amide bonds. The van der Waals surface area contributed by atoms with E-state index in [0.717, 1.165) is 27.6 Å². The molecule has 3 aromatic carbocycles. The van der Waals surface area contributed by atoms with Gasteiger partial charge in [0.25, 0.3) is 5.91 Å². The van der Waals surface area contributed by atoms with Crippen molar-refractivity contribution in [2.24, 2.45) is 5.73 Å². The summed E-state index contributed by atoms with van der Waals surface area (Å²) in [6.07, 6.45) is 0. The van der Waals surface area contributed by atoms with Gasteiger partial charge in [0.15, 0.2) is 5.69 Å². The maximum atomic E-state index is 13.3. The highest BCUT2D eigenvalue weighted by atomic mass is 16.5. The molecule has 33 heavy (non-hydrogen) atoms. The molecule has 3 N–H and O–H groups in total. The molecule has 7 nitrogen and oxygen atoms in total. The van der Waals surface area contributed by atoms with Crippen molar-refractivity contribution < 1.29 is 14.3 Å². The minimum Gasteiger partial charge on any atom is -0.465 e. The van der Waals surface area contributed by atoms with Gasteiger partial charge in [-0.15, -0.1) is 0 Å². The Morgan fingerprint density at radius 2 is 1.79 bits per heavy atom. The lowest BCUT2D eigenvalue weighted by Crippen LogP contribution is -2.16. The zero-order chi connectivity index (χ0) is 23.5. The number of methoxy groups -OCH3 is 1. The number of rotatable bonds is 6. The molecule has 7 heteroatoms. The number of nitrogens with two attached hydrogens (primary N) is 1. The van der Waals surface area contributed by atoms with Crippen LogP contribution in [0.3, 0.4) is 0 Å². The monoisotopic (exact) mass is 442 g/mol. The lowest BCUT2D eigenvalue weighted by atomic mass is 10.0. The Kier molecular flexibility index (Phi) is 6.24. The van der Waals surface area contributed by atoms with Gasteiger partial charge in [-0.3, -0.25) is 9.48 Å². The van der Waals surface area contributed by atoms with Crippen molar-refractivity contribution in [3.63, 3.8) is 0 Å². The number of esters is 1. The maximum absolute atomic E-state index is 13.3. The minimum atomic E-state index is -0.523. The third-order valence-corrected chi connectivity index (χ3v) is 5.49. The Morgan fingerprint density at radius 3 is 2.52 bits per heavy atom. The summed E-state index contributed by atoms with van der Waals surface area (Å²) in [4.78, 5) is 25.4. The average molecular weight is 443 g/mol. The molecule has 1 heterocycles. The third-order valence-electron chi connectivity index (χ3n) is 5.49. The second-order valence-electron chi connectivity index (χ2n) is 8.01. The van der Waals surface area contributed by atoms with E-state index in [-0.39, 0.29) is 17.3 Å². The summed E-state index contributed by atoms with van der Waals surface area (Å²) in [5.41, 5.74) is 10.6. The van der Waals surface area contributed by atoms with Gasteiger partial charge in [-0.1, -0.05) is 36.4 Å². The highest BCUT2D eigenvalue weighted by molar-refractivity contribution is 6.13. The van der Waals surface area contributed by atoms with Crippen molar-refractivity contribution in [2.45, 2.75) is 26.4 Å². The summed E-state index contributed by atoms with van der Waals surface area (Å²) < 4.78 is 6.66. The highest BCUT2D eigenvalue weighted by Crippen LogP contribution is 2.29. The Labute approximate surface area is 192 Å². The maximum Gasteiger partial charge on any atom is 0.339 e. The van der Waals surface area contributed by atoms with Crippen molar-refractivity contribution in [2.75, 3.05) is 12.4 Å². The van der Waals surface area contributed by atoms with Crippen molar-refractivity contribution in [1.29, 1.82) is 0 Å². The molecule has 0 spiro atoms. The van der Waals surface area contributed by atoms with Crippen LogP contribution in [-0.2, 0) is 11.3 Å². The molecule has 4 rings (SSSR count). The van der Waals surface area contributed by atoms with Crippen molar-refractivity contribution in [3.8, 4) is 11.1 Å². The van der Waals surface area contributed by atoms with Gasteiger partial charge in [-0.2, -0.15) is 5.10 Å². The van der Waals surface area contributed by atoms with Crippen LogP contribution in [-0.4, -0.2) is 28.8 Å². The molecule has 168 valence electrons. The van der Waals surface area contributed by atoms with Crippen LogP contribution in [0.15, 0.2) is 66.7 Å². The number of amides is 1. The molecule has 0 aliphatic heterocycles. The largest absolute Gasteiger partial charge is 0.465 e. The lowest BCUT2D eigenvalue weighted by Gasteiger charge is -2.09. The molecule has 1 aromatic heterocycles. The first-order valence-corrected chi connectivity index (χ1v) is 10.7. The van der Waals surface area contributed by atoms with Crippen LogP contribution in [0.1, 0.15) is 46.3 Å². The Balaban J connectivity index is 1.80. The average Bonchev–Trinajstić information content (AvgIpc) is 3.23. The Hall–Kier alpha value is -3.97. The van der Waals surface area contributed by atoms with Gasteiger partial charge >= 0.3 is 5.97 Å². The van der Waals surface area contributed by atoms with Gasteiger partial charge in [0.2, 0.25) is 0 Å². The SMILES string of the molecule is COC(=O)c1ccccc1NC(=O)c1nn(C(C)C)c2ccc(-c3cccc(CN)c3)cc12. The number of benzene rings is 3. The van der Waals surface area contributed by atoms with Gasteiger partial charge in [0.05, 0.1) is 23.9 Å². The smallest absolute Gasteiger partial charge is 0.339 e. The molecule has 0 aliphatic carbocycles. The van der Waals surface area contributed by atoms with Crippen LogP contribution in [0.25, 0.3) is 22.0 Å². The fourth-order valence-corrected chi connectivity index (χ4v) is 3.82. The molecule has 0 saturated heterocycles. The number of ether oxygens (including phenoxy) is 1. The first-order chi connectivity index (χ1) is 15.9. The molecule has 0 radical (unpaired) electrons. The van der Waals surface area contributed by atoms with Gasteiger partial charge in [-0.25, -0.2) is 4.79 Å². The fourth-order valence-electron chi connectivity index (χ4n) is 3.82. The van der Waals surface area contributed by atoms with Crippen molar-refractivity contribution in [3.05, 3.63) is 83.6 Å². The number of carbonyl (C=O) groups is 2. The number of nitrogens with one attached hydrogen (secondary N) is 1. The molecule has 4 aromatic rings. The van der Waals surface area contributed by atoms with Crippen LogP contribution < -0.4 is 11.1 Å². The lowest BCUT2D eigenvalue weighted by molar-refractivity contribution is 0.0602. The minimum absolute atomic E-state index is 0.0582. The van der Waals surface area contributed by atoms with E-state index in [4.69, 9.17) is 10.5 Å². The summed E-state index contributed by atoms with van der Waals surface area (Å²) >= 11 is 0. The first kappa shape index (κ1) is 22.2. The van der Waals surface area contributed by atoms with Crippen LogP contribution in [0.4, 0.5) is 5.69 Å². The zero-order valence-corrected chi connectivity index (χ0v) is 18.8. The Bertz CT molecular complexity index is 1340. The normalized spacial score (nSPS) is 11.1. The predicted molar refractivity (Wildman–Crippen MR) is 129 cm³/mol. The molecular weight excluding hydrogens is 416 g/mol. The van der Waals surface area contributed by atoms with Crippen LogP contribution in [0.2, 0.25) is 0 Å². The van der Waals surface area contributed by atoms with E-state index in [2.05, 4.69) is 10.4 Å². The van der Waals surface area contributed by atoms with Crippen molar-refractivity contribution >= 4 is 28.5 Å².